The maximum atomic E-state index is 13.2. The molecule has 6 nitrogen and oxygen atoms in total. The van der Waals surface area contributed by atoms with Crippen LogP contribution in [0.15, 0.2) is 42.5 Å². The second-order valence-corrected chi connectivity index (χ2v) is 8.02. The van der Waals surface area contributed by atoms with Crippen molar-refractivity contribution < 1.29 is 19.5 Å². The van der Waals surface area contributed by atoms with Gasteiger partial charge in [-0.25, -0.2) is 5.48 Å². The van der Waals surface area contributed by atoms with Crippen molar-refractivity contribution in [3.63, 3.8) is 0 Å². The lowest BCUT2D eigenvalue weighted by Gasteiger charge is -2.33. The van der Waals surface area contributed by atoms with Crippen molar-refractivity contribution in [1.29, 1.82) is 0 Å². The number of rotatable bonds is 5. The first kappa shape index (κ1) is 19.5. The van der Waals surface area contributed by atoms with Gasteiger partial charge in [0.1, 0.15) is 5.75 Å². The minimum Gasteiger partial charge on any atom is -0.497 e. The Morgan fingerprint density at radius 2 is 1.97 bits per heavy atom. The van der Waals surface area contributed by atoms with E-state index in [-0.39, 0.29) is 11.3 Å². The summed E-state index contributed by atoms with van der Waals surface area (Å²) in [6.07, 6.45) is 4.03. The van der Waals surface area contributed by atoms with E-state index in [1.165, 1.54) is 5.56 Å². The zero-order chi connectivity index (χ0) is 20.4. The molecule has 4 rings (SSSR count). The predicted molar refractivity (Wildman–Crippen MR) is 108 cm³/mol. The summed E-state index contributed by atoms with van der Waals surface area (Å²) < 4.78 is 5.20. The number of ether oxygens (including phenoxy) is 1. The molecule has 0 aromatic heterocycles. The lowest BCUT2D eigenvalue weighted by Crippen LogP contribution is -2.39. The first-order valence-electron chi connectivity index (χ1n) is 10.0. The molecule has 1 saturated heterocycles. The Kier molecular flexibility index (Phi) is 5.28. The highest BCUT2D eigenvalue weighted by Crippen LogP contribution is 2.43. The van der Waals surface area contributed by atoms with E-state index in [1.807, 2.05) is 41.3 Å². The average molecular weight is 394 g/mol. The number of amides is 2. The summed E-state index contributed by atoms with van der Waals surface area (Å²) in [6, 6.07) is 13.5. The fourth-order valence-electron chi connectivity index (χ4n) is 4.62. The lowest BCUT2D eigenvalue weighted by atomic mass is 9.70. The lowest BCUT2D eigenvalue weighted by molar-refractivity contribution is -0.136. The molecule has 2 N–H and O–H groups in total. The van der Waals surface area contributed by atoms with Crippen LogP contribution < -0.4 is 10.2 Å². The number of aryl methyl sites for hydroxylation is 1. The fourth-order valence-corrected chi connectivity index (χ4v) is 4.62. The average Bonchev–Trinajstić information content (AvgIpc) is 3.06. The molecule has 6 heteroatoms. The van der Waals surface area contributed by atoms with Crippen LogP contribution in [0.3, 0.4) is 0 Å². The molecular weight excluding hydrogens is 368 g/mol. The van der Waals surface area contributed by atoms with Crippen LogP contribution in [0.4, 0.5) is 0 Å². The van der Waals surface area contributed by atoms with Crippen LogP contribution in [0, 0.1) is 5.41 Å². The van der Waals surface area contributed by atoms with Crippen LogP contribution in [0.5, 0.6) is 5.75 Å². The molecule has 2 amide bonds. The Labute approximate surface area is 170 Å². The quantitative estimate of drug-likeness (QED) is 0.604. The molecule has 2 aliphatic rings. The van der Waals surface area contributed by atoms with Gasteiger partial charge < -0.3 is 9.64 Å². The van der Waals surface area contributed by atoms with Gasteiger partial charge >= 0.3 is 0 Å². The third kappa shape index (κ3) is 3.72. The van der Waals surface area contributed by atoms with Crippen molar-refractivity contribution in [3.05, 3.63) is 64.7 Å². The normalized spacial score (nSPS) is 20.6. The third-order valence-electron chi connectivity index (χ3n) is 6.40. The molecule has 1 aliphatic heterocycles. The number of benzene rings is 2. The number of hydrogen-bond donors (Lipinski definition) is 2. The van der Waals surface area contributed by atoms with Crippen molar-refractivity contribution >= 4 is 11.8 Å². The number of hydrogen-bond acceptors (Lipinski definition) is 4. The van der Waals surface area contributed by atoms with E-state index in [9.17, 15) is 9.59 Å². The number of methoxy groups -OCH3 is 1. The van der Waals surface area contributed by atoms with Crippen molar-refractivity contribution in [2.45, 2.75) is 32.1 Å². The van der Waals surface area contributed by atoms with Gasteiger partial charge in [-0.1, -0.05) is 18.2 Å². The van der Waals surface area contributed by atoms with Gasteiger partial charge in [0.05, 0.1) is 12.5 Å². The monoisotopic (exact) mass is 394 g/mol. The third-order valence-corrected chi connectivity index (χ3v) is 6.40. The largest absolute Gasteiger partial charge is 0.497 e. The minimum absolute atomic E-state index is 0.258. The number of hydroxylamine groups is 1. The van der Waals surface area contributed by atoms with E-state index in [1.54, 1.807) is 18.7 Å². The van der Waals surface area contributed by atoms with E-state index in [0.717, 1.165) is 62.1 Å². The molecular formula is C23H26N2O4. The summed E-state index contributed by atoms with van der Waals surface area (Å²) in [6.45, 7) is 1.53. The second kappa shape index (κ2) is 7.87. The van der Waals surface area contributed by atoms with Crippen molar-refractivity contribution in [3.8, 4) is 5.75 Å². The molecule has 0 radical (unpaired) electrons. The number of carbonyl (C=O) groups excluding carboxylic acids is 2. The number of carbonyl (C=O) groups is 2. The topological polar surface area (TPSA) is 78.9 Å². The summed E-state index contributed by atoms with van der Waals surface area (Å²) >= 11 is 0. The Balaban J connectivity index is 1.42. The number of likely N-dealkylation sites (tertiary alicyclic amines) is 1. The summed E-state index contributed by atoms with van der Waals surface area (Å²) in [5.74, 6) is 0.592. The molecule has 152 valence electrons. The zero-order valence-corrected chi connectivity index (χ0v) is 16.6. The minimum atomic E-state index is -0.505. The second-order valence-electron chi connectivity index (χ2n) is 8.02. The number of nitrogens with one attached hydrogen (secondary N) is 1. The molecule has 1 spiro atoms. The molecule has 1 atom stereocenters. The van der Waals surface area contributed by atoms with Crippen LogP contribution >= 0.6 is 0 Å². The van der Waals surface area contributed by atoms with E-state index in [0.29, 0.717) is 5.56 Å². The number of nitrogens with zero attached hydrogens (tertiary/aromatic N) is 1. The molecule has 2 aromatic rings. The zero-order valence-electron chi connectivity index (χ0n) is 16.6. The summed E-state index contributed by atoms with van der Waals surface area (Å²) in [7, 11) is 1.65. The first-order valence-corrected chi connectivity index (χ1v) is 10.0. The predicted octanol–water partition coefficient (Wildman–Crippen LogP) is 2.76. The highest BCUT2D eigenvalue weighted by molar-refractivity contribution is 5.93. The molecule has 29 heavy (non-hydrogen) atoms. The highest BCUT2D eigenvalue weighted by Gasteiger charge is 2.47. The number of fused-ring (bicyclic) bond motifs is 1. The van der Waals surface area contributed by atoms with Crippen LogP contribution in [-0.2, 0) is 24.1 Å². The molecule has 0 bridgehead atoms. The van der Waals surface area contributed by atoms with Crippen LogP contribution in [0.1, 0.15) is 39.9 Å². The van der Waals surface area contributed by atoms with Gasteiger partial charge in [0.15, 0.2) is 0 Å². The van der Waals surface area contributed by atoms with Crippen LogP contribution in [0.2, 0.25) is 0 Å². The Hall–Kier alpha value is -2.86. The molecule has 1 heterocycles. The van der Waals surface area contributed by atoms with Crippen LogP contribution in [-0.4, -0.2) is 42.1 Å². The maximum Gasteiger partial charge on any atom is 0.274 e. The van der Waals surface area contributed by atoms with Crippen molar-refractivity contribution in [2.24, 2.45) is 5.41 Å². The maximum absolute atomic E-state index is 13.2. The molecule has 0 saturated carbocycles. The van der Waals surface area contributed by atoms with Crippen molar-refractivity contribution in [1.82, 2.24) is 10.4 Å². The molecule has 1 fully saturated rings. The van der Waals surface area contributed by atoms with Crippen molar-refractivity contribution in [2.75, 3.05) is 20.2 Å². The molecule has 1 aliphatic carbocycles. The van der Waals surface area contributed by atoms with Gasteiger partial charge in [-0.15, -0.1) is 0 Å². The Morgan fingerprint density at radius 1 is 1.17 bits per heavy atom. The summed E-state index contributed by atoms with van der Waals surface area (Å²) in [5.41, 5.74) is 5.24. The standard InChI is InChI=1S/C23H26N2O4/c1-29-20-6-2-16(3-7-20)9-12-25-13-11-23(22(25)27)10-8-17-14-18(21(26)24-28)4-5-19(17)15-23/h2-7,14,28H,8-13,15H2,1H3,(H,24,26). The van der Waals surface area contributed by atoms with Gasteiger partial charge in [-0.3, -0.25) is 14.8 Å². The summed E-state index contributed by atoms with van der Waals surface area (Å²) in [5, 5.41) is 8.83. The highest BCUT2D eigenvalue weighted by atomic mass is 16.5. The summed E-state index contributed by atoms with van der Waals surface area (Å²) in [4.78, 5) is 26.9. The van der Waals surface area contributed by atoms with E-state index in [2.05, 4.69) is 0 Å². The van der Waals surface area contributed by atoms with E-state index in [4.69, 9.17) is 9.94 Å². The fraction of sp³-hybridized carbons (Fsp3) is 0.391. The van der Waals surface area contributed by atoms with Gasteiger partial charge in [0.2, 0.25) is 5.91 Å². The van der Waals surface area contributed by atoms with Gasteiger partial charge in [-0.2, -0.15) is 0 Å². The smallest absolute Gasteiger partial charge is 0.274 e. The SMILES string of the molecule is COc1ccc(CCN2CCC3(CCc4cc(C(=O)NO)ccc4C3)C2=O)cc1. The van der Waals surface area contributed by atoms with Gasteiger partial charge in [0, 0.05) is 18.7 Å². The van der Waals surface area contributed by atoms with E-state index >= 15 is 0 Å². The van der Waals surface area contributed by atoms with E-state index < -0.39 is 5.91 Å². The molecule has 1 unspecified atom stereocenters. The first-order chi connectivity index (χ1) is 14.0. The molecule has 2 aromatic carbocycles. The van der Waals surface area contributed by atoms with Gasteiger partial charge in [0.25, 0.3) is 5.91 Å². The van der Waals surface area contributed by atoms with Gasteiger partial charge in [-0.05, 0) is 73.1 Å². The Morgan fingerprint density at radius 3 is 2.69 bits per heavy atom. The van der Waals surface area contributed by atoms with Crippen LogP contribution in [0.25, 0.3) is 0 Å². The Bertz CT molecular complexity index is 925.